The Morgan fingerprint density at radius 3 is 2.46 bits per heavy atom. The molecule has 0 spiro atoms. The van der Waals surface area contributed by atoms with Crippen molar-refractivity contribution in [1.82, 2.24) is 9.88 Å². The highest BCUT2D eigenvalue weighted by molar-refractivity contribution is 5.94. The van der Waals surface area contributed by atoms with Gasteiger partial charge in [-0.1, -0.05) is 12.1 Å². The van der Waals surface area contributed by atoms with Gasteiger partial charge in [-0.3, -0.25) is 9.78 Å². The highest BCUT2D eigenvalue weighted by Crippen LogP contribution is 2.29. The van der Waals surface area contributed by atoms with E-state index in [0.29, 0.717) is 12.1 Å². The van der Waals surface area contributed by atoms with Crippen LogP contribution in [0.4, 0.5) is 4.39 Å². The molecule has 1 aromatic carbocycles. The van der Waals surface area contributed by atoms with Crippen LogP contribution in [0.3, 0.4) is 0 Å². The van der Waals surface area contributed by atoms with E-state index in [2.05, 4.69) is 9.72 Å². The Balaban J connectivity index is 1.77. The highest BCUT2D eigenvalue weighted by atomic mass is 19.1. The lowest BCUT2D eigenvalue weighted by atomic mass is 10.2. The molecule has 1 heterocycles. The summed E-state index contributed by atoms with van der Waals surface area (Å²) in [6.07, 6.45) is 3.24. The molecular weight excluding hydrogens is 311 g/mol. The molecule has 124 valence electrons. The first-order chi connectivity index (χ1) is 11.6. The van der Waals surface area contributed by atoms with Crippen LogP contribution in [0.2, 0.25) is 0 Å². The zero-order valence-corrected chi connectivity index (χ0v) is 13.2. The molecule has 5 nitrogen and oxygen atoms in total. The van der Waals surface area contributed by atoms with Crippen molar-refractivity contribution in [3.63, 3.8) is 0 Å². The van der Waals surface area contributed by atoms with Crippen LogP contribution < -0.4 is 0 Å². The minimum Gasteiger partial charge on any atom is -0.465 e. The summed E-state index contributed by atoms with van der Waals surface area (Å²) in [6.45, 7) is 0.407. The van der Waals surface area contributed by atoms with E-state index in [-0.39, 0.29) is 23.5 Å². The van der Waals surface area contributed by atoms with E-state index in [9.17, 15) is 14.0 Å². The number of rotatable bonds is 5. The predicted molar refractivity (Wildman–Crippen MR) is 84.9 cm³/mol. The molecule has 3 rings (SSSR count). The fraction of sp³-hybridized carbons (Fsp3) is 0.278. The van der Waals surface area contributed by atoms with Crippen LogP contribution in [0, 0.1) is 5.82 Å². The number of pyridine rings is 1. The Hall–Kier alpha value is -2.76. The smallest absolute Gasteiger partial charge is 0.339 e. The summed E-state index contributed by atoms with van der Waals surface area (Å²) < 4.78 is 17.6. The maximum Gasteiger partial charge on any atom is 0.339 e. The fourth-order valence-electron chi connectivity index (χ4n) is 2.45. The molecule has 1 aliphatic rings. The molecule has 1 amide bonds. The van der Waals surface area contributed by atoms with Crippen molar-refractivity contribution in [2.75, 3.05) is 7.11 Å². The van der Waals surface area contributed by atoms with Gasteiger partial charge in [0.1, 0.15) is 11.5 Å². The number of carbonyl (C=O) groups is 2. The molecule has 6 heteroatoms. The number of hydrogen-bond acceptors (Lipinski definition) is 4. The lowest BCUT2D eigenvalue weighted by molar-refractivity contribution is 0.0598. The maximum absolute atomic E-state index is 13.0. The van der Waals surface area contributed by atoms with Crippen LogP contribution in [0.1, 0.15) is 39.3 Å². The second kappa shape index (κ2) is 6.78. The molecule has 0 saturated heterocycles. The molecule has 0 N–H and O–H groups in total. The third-order valence-corrected chi connectivity index (χ3v) is 3.92. The number of esters is 1. The third-order valence-electron chi connectivity index (χ3n) is 3.92. The van der Waals surface area contributed by atoms with Crippen molar-refractivity contribution in [3.8, 4) is 0 Å². The number of benzene rings is 1. The van der Waals surface area contributed by atoms with Crippen LogP contribution >= 0.6 is 0 Å². The molecule has 1 aliphatic carbocycles. The van der Waals surface area contributed by atoms with E-state index < -0.39 is 5.97 Å². The molecule has 24 heavy (non-hydrogen) atoms. The topological polar surface area (TPSA) is 59.5 Å². The minimum absolute atomic E-state index is 0.185. The number of hydrogen-bond donors (Lipinski definition) is 0. The second-order valence-electron chi connectivity index (χ2n) is 5.71. The maximum atomic E-state index is 13.0. The number of methoxy groups -OCH3 is 1. The van der Waals surface area contributed by atoms with Crippen molar-refractivity contribution in [2.24, 2.45) is 0 Å². The fourth-order valence-corrected chi connectivity index (χ4v) is 2.45. The molecule has 1 saturated carbocycles. The molecule has 0 bridgehead atoms. The van der Waals surface area contributed by atoms with E-state index in [1.54, 1.807) is 17.0 Å². The largest absolute Gasteiger partial charge is 0.465 e. The SMILES string of the molecule is COC(=O)c1ccc(C(=O)N(Cc2ccc(F)cc2)C2CC2)nc1. The number of amides is 1. The normalized spacial score (nSPS) is 13.4. The Labute approximate surface area is 139 Å². The van der Waals surface area contributed by atoms with Crippen LogP contribution in [-0.4, -0.2) is 34.9 Å². The summed E-state index contributed by atoms with van der Waals surface area (Å²) >= 11 is 0. The molecule has 1 fully saturated rings. The summed E-state index contributed by atoms with van der Waals surface area (Å²) in [5.74, 6) is -0.992. The van der Waals surface area contributed by atoms with Crippen LogP contribution in [0.25, 0.3) is 0 Å². The summed E-state index contributed by atoms with van der Waals surface area (Å²) in [6, 6.07) is 9.34. The average molecular weight is 328 g/mol. The predicted octanol–water partition coefficient (Wildman–Crippen LogP) is 2.81. The first-order valence-electron chi connectivity index (χ1n) is 7.68. The highest BCUT2D eigenvalue weighted by Gasteiger charge is 2.33. The lowest BCUT2D eigenvalue weighted by Crippen LogP contribution is -2.33. The van der Waals surface area contributed by atoms with Gasteiger partial charge in [-0.2, -0.15) is 0 Å². The van der Waals surface area contributed by atoms with Gasteiger partial charge in [0.15, 0.2) is 0 Å². The molecule has 0 atom stereocenters. The summed E-state index contributed by atoms with van der Waals surface area (Å²) in [7, 11) is 1.29. The monoisotopic (exact) mass is 328 g/mol. The number of halogens is 1. The molecular formula is C18H17FN2O3. The number of aromatic nitrogens is 1. The molecule has 0 radical (unpaired) electrons. The third kappa shape index (κ3) is 3.59. The van der Waals surface area contributed by atoms with E-state index >= 15 is 0 Å². The summed E-state index contributed by atoms with van der Waals surface area (Å²) in [4.78, 5) is 30.0. The van der Waals surface area contributed by atoms with Crippen LogP contribution in [0.5, 0.6) is 0 Å². The Bertz CT molecular complexity index is 740. The number of carbonyl (C=O) groups excluding carboxylic acids is 2. The molecule has 0 aliphatic heterocycles. The van der Waals surface area contributed by atoms with E-state index in [0.717, 1.165) is 18.4 Å². The summed E-state index contributed by atoms with van der Waals surface area (Å²) in [5, 5.41) is 0. The van der Waals surface area contributed by atoms with Gasteiger partial charge in [-0.15, -0.1) is 0 Å². The molecule has 2 aromatic rings. The van der Waals surface area contributed by atoms with Crippen molar-refractivity contribution in [1.29, 1.82) is 0 Å². The van der Waals surface area contributed by atoms with Gasteiger partial charge in [0.05, 0.1) is 12.7 Å². The minimum atomic E-state index is -0.494. The molecule has 1 aromatic heterocycles. The van der Waals surface area contributed by atoms with Crippen LogP contribution in [0.15, 0.2) is 42.6 Å². The van der Waals surface area contributed by atoms with Gasteiger partial charge in [-0.25, -0.2) is 9.18 Å². The Morgan fingerprint density at radius 2 is 1.92 bits per heavy atom. The standard InChI is InChI=1S/C18H17FN2O3/c1-24-18(23)13-4-9-16(20-10-13)17(22)21(15-7-8-15)11-12-2-5-14(19)6-3-12/h2-6,9-10,15H,7-8,11H2,1H3. The quantitative estimate of drug-likeness (QED) is 0.792. The average Bonchev–Trinajstić information content (AvgIpc) is 3.45. The lowest BCUT2D eigenvalue weighted by Gasteiger charge is -2.22. The van der Waals surface area contributed by atoms with Gasteiger partial charge in [0, 0.05) is 18.8 Å². The van der Waals surface area contributed by atoms with Gasteiger partial charge >= 0.3 is 5.97 Å². The van der Waals surface area contributed by atoms with Gasteiger partial charge in [-0.05, 0) is 42.7 Å². The first kappa shape index (κ1) is 16.1. The summed E-state index contributed by atoms with van der Waals surface area (Å²) in [5.41, 5.74) is 1.44. The van der Waals surface area contributed by atoms with Crippen molar-refractivity contribution in [2.45, 2.75) is 25.4 Å². The first-order valence-corrected chi connectivity index (χ1v) is 7.68. The van der Waals surface area contributed by atoms with Gasteiger partial charge in [0.25, 0.3) is 5.91 Å². The zero-order chi connectivity index (χ0) is 17.1. The Kier molecular flexibility index (Phi) is 4.55. The van der Waals surface area contributed by atoms with Crippen LogP contribution in [-0.2, 0) is 11.3 Å². The van der Waals surface area contributed by atoms with Crippen molar-refractivity contribution in [3.05, 3.63) is 65.2 Å². The van der Waals surface area contributed by atoms with E-state index in [4.69, 9.17) is 0 Å². The number of nitrogens with zero attached hydrogens (tertiary/aromatic N) is 2. The zero-order valence-electron chi connectivity index (χ0n) is 13.2. The van der Waals surface area contributed by atoms with E-state index in [1.165, 1.54) is 37.6 Å². The second-order valence-corrected chi connectivity index (χ2v) is 5.71. The van der Waals surface area contributed by atoms with Crippen molar-refractivity contribution >= 4 is 11.9 Å². The molecule has 0 unspecified atom stereocenters. The van der Waals surface area contributed by atoms with E-state index in [1.807, 2.05) is 0 Å². The number of ether oxygens (including phenoxy) is 1. The van der Waals surface area contributed by atoms with Gasteiger partial charge < -0.3 is 9.64 Å². The Morgan fingerprint density at radius 1 is 1.21 bits per heavy atom. The van der Waals surface area contributed by atoms with Crippen molar-refractivity contribution < 1.29 is 18.7 Å². The van der Waals surface area contributed by atoms with Gasteiger partial charge in [0.2, 0.25) is 0 Å².